The number of aliphatic imine (C=N–C) groups is 1. The van der Waals surface area contributed by atoms with Crippen LogP contribution >= 0.6 is 0 Å². The molecular weight excluding hydrogens is 286 g/mol. The lowest BCUT2D eigenvalue weighted by molar-refractivity contribution is 0.180. The van der Waals surface area contributed by atoms with E-state index in [1.54, 1.807) is 14.2 Å². The number of hydrogen-bond donors (Lipinski definition) is 0. The molecule has 0 saturated heterocycles. The third-order valence-electron chi connectivity index (χ3n) is 3.77. The van der Waals surface area contributed by atoms with Crippen molar-refractivity contribution in [3.05, 3.63) is 65.7 Å². The van der Waals surface area contributed by atoms with Crippen molar-refractivity contribution in [1.29, 1.82) is 0 Å². The molecule has 0 N–H and O–H groups in total. The van der Waals surface area contributed by atoms with Crippen LogP contribution in [0.1, 0.15) is 24.5 Å². The molecule has 0 aliphatic carbocycles. The van der Waals surface area contributed by atoms with Crippen molar-refractivity contribution in [2.24, 2.45) is 4.99 Å². The van der Waals surface area contributed by atoms with Gasteiger partial charge in [0.15, 0.2) is 0 Å². The van der Waals surface area contributed by atoms with Crippen molar-refractivity contribution < 1.29 is 9.47 Å². The fourth-order valence-electron chi connectivity index (χ4n) is 2.59. The Balaban J connectivity index is 2.19. The van der Waals surface area contributed by atoms with Crippen molar-refractivity contribution in [2.75, 3.05) is 20.8 Å². The zero-order valence-electron chi connectivity index (χ0n) is 14.2. The Kier molecular flexibility index (Phi) is 6.82. The highest BCUT2D eigenvalue weighted by atomic mass is 16.5. The first-order chi connectivity index (χ1) is 11.3. The average molecular weight is 311 g/mol. The van der Waals surface area contributed by atoms with Gasteiger partial charge in [0.25, 0.3) is 0 Å². The summed E-state index contributed by atoms with van der Waals surface area (Å²) in [6, 6.07) is 18.6. The van der Waals surface area contributed by atoms with E-state index in [-0.39, 0.29) is 6.04 Å². The van der Waals surface area contributed by atoms with Crippen LogP contribution < -0.4 is 4.74 Å². The van der Waals surface area contributed by atoms with Gasteiger partial charge in [-0.2, -0.15) is 0 Å². The maximum Gasteiger partial charge on any atom is 0.118 e. The molecule has 2 aromatic carbocycles. The van der Waals surface area contributed by atoms with Gasteiger partial charge in [-0.25, -0.2) is 0 Å². The van der Waals surface area contributed by atoms with E-state index in [9.17, 15) is 0 Å². The molecule has 3 nitrogen and oxygen atoms in total. The topological polar surface area (TPSA) is 30.8 Å². The van der Waals surface area contributed by atoms with Crippen molar-refractivity contribution in [2.45, 2.75) is 25.8 Å². The zero-order valence-corrected chi connectivity index (χ0v) is 14.2. The largest absolute Gasteiger partial charge is 0.497 e. The molecular formula is C20H25NO2. The van der Waals surface area contributed by atoms with Crippen LogP contribution in [0.25, 0.3) is 0 Å². The molecule has 0 fully saturated rings. The fraction of sp³-hybridized carbons (Fsp3) is 0.350. The summed E-state index contributed by atoms with van der Waals surface area (Å²) < 4.78 is 10.6. The summed E-state index contributed by atoms with van der Waals surface area (Å²) in [5.74, 6) is 0.863. The van der Waals surface area contributed by atoms with Crippen LogP contribution in [-0.2, 0) is 11.2 Å². The third-order valence-corrected chi connectivity index (χ3v) is 3.77. The van der Waals surface area contributed by atoms with Crippen LogP contribution in [0.15, 0.2) is 59.6 Å². The number of benzene rings is 2. The Morgan fingerprint density at radius 1 is 1.00 bits per heavy atom. The van der Waals surface area contributed by atoms with Crippen molar-refractivity contribution in [1.82, 2.24) is 0 Å². The zero-order chi connectivity index (χ0) is 16.5. The molecule has 0 amide bonds. The van der Waals surface area contributed by atoms with Crippen LogP contribution in [0.5, 0.6) is 5.75 Å². The maximum absolute atomic E-state index is 5.37. The summed E-state index contributed by atoms with van der Waals surface area (Å²) in [7, 11) is 3.41. The standard InChI is InChI=1S/C20H25NO2/c1-4-20(17-10-12-19(23-3)13-11-17)21-18(15-22-2)14-16-8-6-5-7-9-16/h5-13,18H,4,14-15H2,1-3H3/t18-/m0/s1. The Morgan fingerprint density at radius 3 is 2.26 bits per heavy atom. The lowest BCUT2D eigenvalue weighted by atomic mass is 10.0. The van der Waals surface area contributed by atoms with Gasteiger partial charge in [0.1, 0.15) is 5.75 Å². The number of hydrogen-bond acceptors (Lipinski definition) is 3. The molecule has 0 aliphatic heterocycles. The van der Waals surface area contributed by atoms with Crippen LogP contribution in [0, 0.1) is 0 Å². The van der Waals surface area contributed by atoms with Gasteiger partial charge in [-0.05, 0) is 48.2 Å². The number of nitrogens with zero attached hydrogens (tertiary/aromatic N) is 1. The Hall–Kier alpha value is -2.13. The minimum absolute atomic E-state index is 0.124. The lowest BCUT2D eigenvalue weighted by Crippen LogP contribution is -2.18. The molecule has 0 heterocycles. The van der Waals surface area contributed by atoms with Crippen LogP contribution in [0.2, 0.25) is 0 Å². The van der Waals surface area contributed by atoms with E-state index in [1.165, 1.54) is 5.56 Å². The number of ether oxygens (including phenoxy) is 2. The quantitative estimate of drug-likeness (QED) is 0.686. The summed E-state index contributed by atoms with van der Waals surface area (Å²) >= 11 is 0. The minimum atomic E-state index is 0.124. The summed E-state index contributed by atoms with van der Waals surface area (Å²) in [5, 5.41) is 0. The Labute approximate surface area is 139 Å². The molecule has 23 heavy (non-hydrogen) atoms. The van der Waals surface area contributed by atoms with E-state index in [2.05, 4.69) is 43.3 Å². The highest BCUT2D eigenvalue weighted by Crippen LogP contribution is 2.15. The fourth-order valence-corrected chi connectivity index (χ4v) is 2.59. The minimum Gasteiger partial charge on any atom is -0.497 e. The predicted octanol–water partition coefficient (Wildman–Crippen LogP) is 4.15. The van der Waals surface area contributed by atoms with Crippen LogP contribution in [0.4, 0.5) is 0 Å². The normalized spacial score (nSPS) is 12.9. The highest BCUT2D eigenvalue weighted by Gasteiger charge is 2.10. The lowest BCUT2D eigenvalue weighted by Gasteiger charge is -2.15. The van der Waals surface area contributed by atoms with Gasteiger partial charge < -0.3 is 9.47 Å². The monoisotopic (exact) mass is 311 g/mol. The smallest absolute Gasteiger partial charge is 0.118 e. The van der Waals surface area contributed by atoms with Crippen molar-refractivity contribution in [3.8, 4) is 5.75 Å². The molecule has 1 atom stereocenters. The summed E-state index contributed by atoms with van der Waals surface area (Å²) in [6.07, 6.45) is 1.77. The van der Waals surface area contributed by atoms with E-state index in [1.807, 2.05) is 18.2 Å². The molecule has 0 bridgehead atoms. The van der Waals surface area contributed by atoms with E-state index >= 15 is 0 Å². The van der Waals surface area contributed by atoms with Gasteiger partial charge in [0.2, 0.25) is 0 Å². The molecule has 2 aromatic rings. The summed E-state index contributed by atoms with van der Waals surface area (Å²) in [6.45, 7) is 2.75. The molecule has 0 radical (unpaired) electrons. The van der Waals surface area contributed by atoms with Gasteiger partial charge in [0, 0.05) is 12.8 Å². The molecule has 0 saturated carbocycles. The van der Waals surface area contributed by atoms with E-state index in [0.717, 1.165) is 29.9 Å². The highest BCUT2D eigenvalue weighted by molar-refractivity contribution is 6.00. The van der Waals surface area contributed by atoms with Gasteiger partial charge >= 0.3 is 0 Å². The molecule has 0 unspecified atom stereocenters. The summed E-state index contributed by atoms with van der Waals surface area (Å²) in [4.78, 5) is 4.96. The Bertz CT molecular complexity index is 605. The summed E-state index contributed by atoms with van der Waals surface area (Å²) in [5.41, 5.74) is 3.52. The predicted molar refractivity (Wildman–Crippen MR) is 95.6 cm³/mol. The Morgan fingerprint density at radius 2 is 1.70 bits per heavy atom. The molecule has 3 heteroatoms. The maximum atomic E-state index is 5.37. The van der Waals surface area contributed by atoms with Crippen molar-refractivity contribution >= 4 is 5.71 Å². The third kappa shape index (κ3) is 5.22. The second kappa shape index (κ2) is 9.11. The van der Waals surface area contributed by atoms with Gasteiger partial charge in [-0.1, -0.05) is 37.3 Å². The first-order valence-corrected chi connectivity index (χ1v) is 8.00. The average Bonchev–Trinajstić information content (AvgIpc) is 2.61. The van der Waals surface area contributed by atoms with Gasteiger partial charge in [-0.15, -0.1) is 0 Å². The first-order valence-electron chi connectivity index (χ1n) is 8.00. The molecule has 122 valence electrons. The second-order valence-electron chi connectivity index (χ2n) is 5.46. The molecule has 0 aliphatic rings. The van der Waals surface area contributed by atoms with Crippen molar-refractivity contribution in [3.63, 3.8) is 0 Å². The SMILES string of the molecule is CCC(=N[C@H](COC)Cc1ccccc1)c1ccc(OC)cc1. The van der Waals surface area contributed by atoms with Crippen LogP contribution in [-0.4, -0.2) is 32.6 Å². The number of rotatable bonds is 8. The van der Waals surface area contributed by atoms with Gasteiger partial charge in [0.05, 0.1) is 19.8 Å². The molecule has 0 aromatic heterocycles. The van der Waals surface area contributed by atoms with E-state index in [4.69, 9.17) is 14.5 Å². The van der Waals surface area contributed by atoms with E-state index in [0.29, 0.717) is 6.61 Å². The van der Waals surface area contributed by atoms with E-state index < -0.39 is 0 Å². The second-order valence-corrected chi connectivity index (χ2v) is 5.46. The van der Waals surface area contributed by atoms with Gasteiger partial charge in [-0.3, -0.25) is 4.99 Å². The first kappa shape index (κ1) is 17.2. The number of methoxy groups -OCH3 is 2. The van der Waals surface area contributed by atoms with Crippen LogP contribution in [0.3, 0.4) is 0 Å². The molecule has 0 spiro atoms. The molecule has 2 rings (SSSR count).